The summed E-state index contributed by atoms with van der Waals surface area (Å²) in [6.45, 7) is 3.36. The fraction of sp³-hybridized carbons (Fsp3) is 0.846. The van der Waals surface area contributed by atoms with Crippen molar-refractivity contribution >= 4 is 11.9 Å². The number of nitrogens with zero attached hydrogens (tertiary/aromatic N) is 1. The standard InChI is InChI=1S/C13H23NO4/c1-12(2,11(16)17)8-10(15)14(3)9-13(18)6-4-5-7-13/h18H,4-9H2,1-3H3,(H,16,17). The second kappa shape index (κ2) is 5.26. The second-order valence-electron chi connectivity index (χ2n) is 6.05. The number of carbonyl (C=O) groups excluding carboxylic acids is 1. The van der Waals surface area contributed by atoms with Crippen molar-refractivity contribution in [3.63, 3.8) is 0 Å². The average molecular weight is 257 g/mol. The van der Waals surface area contributed by atoms with Crippen LogP contribution in [0, 0.1) is 5.41 Å². The summed E-state index contributed by atoms with van der Waals surface area (Å²) < 4.78 is 0. The predicted octanol–water partition coefficient (Wildman–Crippen LogP) is 1.25. The number of aliphatic hydroxyl groups is 1. The van der Waals surface area contributed by atoms with Crippen LogP contribution in [0.1, 0.15) is 46.0 Å². The number of carboxylic acids is 1. The normalized spacial score (nSPS) is 18.7. The summed E-state index contributed by atoms with van der Waals surface area (Å²) in [5.41, 5.74) is -1.85. The summed E-state index contributed by atoms with van der Waals surface area (Å²) in [5, 5.41) is 19.2. The fourth-order valence-corrected chi connectivity index (χ4v) is 2.31. The molecule has 1 saturated carbocycles. The van der Waals surface area contributed by atoms with Gasteiger partial charge in [-0.3, -0.25) is 9.59 Å². The number of rotatable bonds is 5. The molecule has 0 bridgehead atoms. The molecule has 0 aromatic carbocycles. The van der Waals surface area contributed by atoms with Crippen molar-refractivity contribution in [2.45, 2.75) is 51.6 Å². The lowest BCUT2D eigenvalue weighted by atomic mass is 9.89. The van der Waals surface area contributed by atoms with Gasteiger partial charge in [0, 0.05) is 20.0 Å². The van der Waals surface area contributed by atoms with Gasteiger partial charge in [-0.25, -0.2) is 0 Å². The molecule has 0 aromatic heterocycles. The van der Waals surface area contributed by atoms with Gasteiger partial charge >= 0.3 is 5.97 Å². The molecule has 1 aliphatic carbocycles. The molecule has 5 heteroatoms. The van der Waals surface area contributed by atoms with Crippen molar-refractivity contribution in [2.24, 2.45) is 5.41 Å². The van der Waals surface area contributed by atoms with Crippen LogP contribution in [0.3, 0.4) is 0 Å². The summed E-state index contributed by atoms with van der Waals surface area (Å²) in [5.74, 6) is -1.22. The first-order chi connectivity index (χ1) is 8.16. The Morgan fingerprint density at radius 2 is 1.78 bits per heavy atom. The van der Waals surface area contributed by atoms with Crippen molar-refractivity contribution in [3.8, 4) is 0 Å². The first-order valence-corrected chi connectivity index (χ1v) is 6.36. The zero-order valence-electron chi connectivity index (χ0n) is 11.4. The van der Waals surface area contributed by atoms with Crippen molar-refractivity contribution in [2.75, 3.05) is 13.6 Å². The van der Waals surface area contributed by atoms with Gasteiger partial charge in [0.25, 0.3) is 0 Å². The van der Waals surface area contributed by atoms with E-state index in [4.69, 9.17) is 5.11 Å². The van der Waals surface area contributed by atoms with Crippen LogP contribution in [0.25, 0.3) is 0 Å². The fourth-order valence-electron chi connectivity index (χ4n) is 2.31. The molecule has 1 fully saturated rings. The summed E-state index contributed by atoms with van der Waals surface area (Å²) in [6.07, 6.45) is 3.35. The minimum absolute atomic E-state index is 0.0467. The van der Waals surface area contributed by atoms with Crippen molar-refractivity contribution < 1.29 is 19.8 Å². The van der Waals surface area contributed by atoms with Gasteiger partial charge in [0.15, 0.2) is 0 Å². The van der Waals surface area contributed by atoms with Crippen LogP contribution in [0.5, 0.6) is 0 Å². The molecule has 1 aliphatic rings. The highest BCUT2D eigenvalue weighted by Gasteiger charge is 2.36. The van der Waals surface area contributed by atoms with Crippen LogP contribution in [0.2, 0.25) is 0 Å². The van der Waals surface area contributed by atoms with Crippen molar-refractivity contribution in [1.29, 1.82) is 0 Å². The number of hydrogen-bond acceptors (Lipinski definition) is 3. The van der Waals surface area contributed by atoms with E-state index in [0.717, 1.165) is 12.8 Å². The lowest BCUT2D eigenvalue weighted by Gasteiger charge is -2.30. The molecular weight excluding hydrogens is 234 g/mol. The van der Waals surface area contributed by atoms with Crippen LogP contribution < -0.4 is 0 Å². The van der Waals surface area contributed by atoms with E-state index in [-0.39, 0.29) is 12.3 Å². The maximum atomic E-state index is 11.9. The van der Waals surface area contributed by atoms with E-state index in [0.29, 0.717) is 19.4 Å². The van der Waals surface area contributed by atoms with E-state index in [2.05, 4.69) is 0 Å². The smallest absolute Gasteiger partial charge is 0.309 e. The minimum atomic E-state index is -1.07. The highest BCUT2D eigenvalue weighted by molar-refractivity contribution is 5.84. The molecule has 2 N–H and O–H groups in total. The number of carboxylic acid groups (broad SMARTS) is 1. The lowest BCUT2D eigenvalue weighted by molar-refractivity contribution is -0.151. The minimum Gasteiger partial charge on any atom is -0.481 e. The third-order valence-corrected chi connectivity index (χ3v) is 3.66. The Bertz CT molecular complexity index is 332. The topological polar surface area (TPSA) is 77.8 Å². The van der Waals surface area contributed by atoms with Crippen LogP contribution in [0.4, 0.5) is 0 Å². The Kier molecular flexibility index (Phi) is 4.37. The number of likely N-dealkylation sites (N-methyl/N-ethyl adjacent to an activating group) is 1. The molecule has 104 valence electrons. The highest BCUT2D eigenvalue weighted by atomic mass is 16.4. The van der Waals surface area contributed by atoms with Crippen molar-refractivity contribution in [3.05, 3.63) is 0 Å². The Labute approximate surface area is 108 Å². The van der Waals surface area contributed by atoms with Gasteiger partial charge in [0.2, 0.25) is 5.91 Å². The van der Waals surface area contributed by atoms with E-state index < -0.39 is 17.0 Å². The third-order valence-electron chi connectivity index (χ3n) is 3.66. The maximum absolute atomic E-state index is 11.9. The molecule has 0 unspecified atom stereocenters. The molecule has 1 rings (SSSR count). The summed E-state index contributed by atoms with van der Waals surface area (Å²) in [4.78, 5) is 24.4. The van der Waals surface area contributed by atoms with Gasteiger partial charge in [0.05, 0.1) is 11.0 Å². The number of hydrogen-bond donors (Lipinski definition) is 2. The molecule has 0 spiro atoms. The van der Waals surface area contributed by atoms with Gasteiger partial charge in [-0.05, 0) is 26.7 Å². The van der Waals surface area contributed by atoms with Gasteiger partial charge in [-0.2, -0.15) is 0 Å². The van der Waals surface area contributed by atoms with E-state index in [1.54, 1.807) is 7.05 Å². The zero-order chi connectivity index (χ0) is 14.0. The molecule has 0 aromatic rings. The second-order valence-corrected chi connectivity index (χ2v) is 6.05. The average Bonchev–Trinajstić information content (AvgIpc) is 2.63. The number of carbonyl (C=O) groups is 2. The maximum Gasteiger partial charge on any atom is 0.309 e. The molecule has 0 saturated heterocycles. The SMILES string of the molecule is CN(CC1(O)CCCC1)C(=O)CC(C)(C)C(=O)O. The Morgan fingerprint density at radius 1 is 1.28 bits per heavy atom. The lowest BCUT2D eigenvalue weighted by Crippen LogP contribution is -2.43. The largest absolute Gasteiger partial charge is 0.481 e. The Morgan fingerprint density at radius 3 is 2.22 bits per heavy atom. The first-order valence-electron chi connectivity index (χ1n) is 6.36. The van der Waals surface area contributed by atoms with Crippen LogP contribution >= 0.6 is 0 Å². The summed E-state index contributed by atoms with van der Waals surface area (Å²) in [7, 11) is 1.62. The molecule has 18 heavy (non-hydrogen) atoms. The summed E-state index contributed by atoms with van der Waals surface area (Å²) >= 11 is 0. The third kappa shape index (κ3) is 3.70. The van der Waals surface area contributed by atoms with E-state index >= 15 is 0 Å². The van der Waals surface area contributed by atoms with Crippen LogP contribution in [0.15, 0.2) is 0 Å². The van der Waals surface area contributed by atoms with Crippen LogP contribution in [-0.2, 0) is 9.59 Å². The van der Waals surface area contributed by atoms with Crippen LogP contribution in [-0.4, -0.2) is 46.2 Å². The molecule has 0 atom stereocenters. The zero-order valence-corrected chi connectivity index (χ0v) is 11.4. The molecule has 0 radical (unpaired) electrons. The van der Waals surface area contributed by atoms with E-state index in [1.165, 1.54) is 18.7 Å². The molecule has 0 aliphatic heterocycles. The molecule has 5 nitrogen and oxygen atoms in total. The number of aliphatic carboxylic acids is 1. The molecule has 0 heterocycles. The number of amides is 1. The first kappa shape index (κ1) is 15.0. The quantitative estimate of drug-likeness (QED) is 0.777. The molecule has 1 amide bonds. The Balaban J connectivity index is 2.54. The highest BCUT2D eigenvalue weighted by Crippen LogP contribution is 2.30. The molecular formula is C13H23NO4. The van der Waals surface area contributed by atoms with Gasteiger partial charge in [0.1, 0.15) is 0 Å². The van der Waals surface area contributed by atoms with Gasteiger partial charge in [-0.1, -0.05) is 12.8 Å². The predicted molar refractivity (Wildman–Crippen MR) is 67.1 cm³/mol. The Hall–Kier alpha value is -1.10. The van der Waals surface area contributed by atoms with Gasteiger partial charge < -0.3 is 15.1 Å². The van der Waals surface area contributed by atoms with Gasteiger partial charge in [-0.15, -0.1) is 0 Å². The monoisotopic (exact) mass is 257 g/mol. The van der Waals surface area contributed by atoms with Crippen molar-refractivity contribution in [1.82, 2.24) is 4.90 Å². The van der Waals surface area contributed by atoms with E-state index in [1.807, 2.05) is 0 Å². The summed E-state index contributed by atoms with van der Waals surface area (Å²) in [6, 6.07) is 0. The van der Waals surface area contributed by atoms with E-state index in [9.17, 15) is 14.7 Å².